The summed E-state index contributed by atoms with van der Waals surface area (Å²) in [7, 11) is 3.58. The minimum Gasteiger partial charge on any atom is -0.371 e. The number of carbonyl (C=O) groups excluding carboxylic acids is 3. The van der Waals surface area contributed by atoms with Crippen LogP contribution in [0.25, 0.3) is 11.0 Å². The molecule has 290 valence electrons. The Morgan fingerprint density at radius 2 is 1.64 bits per heavy atom. The molecule has 3 amide bonds. The molecular weight excluding hydrogens is 693 g/mol. The lowest BCUT2D eigenvalue weighted by Crippen LogP contribution is -2.53. The highest BCUT2D eigenvalue weighted by molar-refractivity contribution is 6.01. The molecule has 0 radical (unpaired) electrons. The highest BCUT2D eigenvalue weighted by atomic mass is 16.2. The predicted octanol–water partition coefficient (Wildman–Crippen LogP) is 5.13. The molecule has 1 atom stereocenters. The molecule has 3 aromatic heterocycles. The quantitative estimate of drug-likeness (QED) is 0.199. The van der Waals surface area contributed by atoms with E-state index < -0.39 is 0 Å². The monoisotopic (exact) mass is 746 g/mol. The zero-order valence-electron chi connectivity index (χ0n) is 32.3. The zero-order chi connectivity index (χ0) is 37.9. The van der Waals surface area contributed by atoms with E-state index in [1.807, 2.05) is 18.3 Å². The summed E-state index contributed by atoms with van der Waals surface area (Å²) in [6.45, 7) is 7.65. The molecule has 0 spiro atoms. The average molecular weight is 747 g/mol. The van der Waals surface area contributed by atoms with Gasteiger partial charge in [0.2, 0.25) is 17.8 Å². The highest BCUT2D eigenvalue weighted by Crippen LogP contribution is 2.35. The molecule has 1 saturated carbocycles. The lowest BCUT2D eigenvalue weighted by Gasteiger charge is -2.43. The Kier molecular flexibility index (Phi) is 11.1. The van der Waals surface area contributed by atoms with Crippen LogP contribution in [-0.2, 0) is 16.0 Å². The number of imide groups is 1. The molecule has 0 bridgehead atoms. The van der Waals surface area contributed by atoms with Gasteiger partial charge < -0.3 is 24.6 Å². The molecule has 2 N–H and O–H groups in total. The zero-order valence-corrected chi connectivity index (χ0v) is 32.3. The van der Waals surface area contributed by atoms with Gasteiger partial charge in [0.05, 0.1) is 5.92 Å². The molecule has 1 aromatic carbocycles. The number of hydrogen-bond donors (Lipinski definition) is 2. The minimum atomic E-state index is -0.232. The van der Waals surface area contributed by atoms with Crippen LogP contribution in [0.5, 0.6) is 0 Å². The van der Waals surface area contributed by atoms with Gasteiger partial charge >= 0.3 is 0 Å². The second kappa shape index (κ2) is 16.5. The van der Waals surface area contributed by atoms with Gasteiger partial charge in [-0.05, 0) is 86.9 Å². The van der Waals surface area contributed by atoms with Crippen LogP contribution in [-0.4, -0.2) is 118 Å². The smallest absolute Gasteiger partial charge is 0.270 e. The van der Waals surface area contributed by atoms with Gasteiger partial charge in [-0.2, -0.15) is 4.98 Å². The Morgan fingerprint density at radius 3 is 2.33 bits per heavy atom. The molecule has 4 fully saturated rings. The predicted molar refractivity (Wildman–Crippen MR) is 214 cm³/mol. The van der Waals surface area contributed by atoms with Crippen LogP contribution in [0, 0.1) is 0 Å². The number of anilines is 3. The Labute approximate surface area is 323 Å². The molecule has 13 heteroatoms. The summed E-state index contributed by atoms with van der Waals surface area (Å²) < 4.78 is 2.13. The summed E-state index contributed by atoms with van der Waals surface area (Å²) in [5.41, 5.74) is 4.90. The van der Waals surface area contributed by atoms with Gasteiger partial charge in [0.25, 0.3) is 5.91 Å². The van der Waals surface area contributed by atoms with Crippen molar-refractivity contribution >= 4 is 46.2 Å². The largest absolute Gasteiger partial charge is 0.371 e. The third-order valence-electron chi connectivity index (χ3n) is 12.2. The first-order valence-electron chi connectivity index (χ1n) is 20.3. The third-order valence-corrected chi connectivity index (χ3v) is 12.2. The third kappa shape index (κ3) is 8.37. The van der Waals surface area contributed by atoms with Crippen molar-refractivity contribution < 1.29 is 14.4 Å². The first-order chi connectivity index (χ1) is 26.8. The fraction of sp³-hybridized carbons (Fsp3) is 0.524. The SMILES string of the molecule is CN(C)C(=O)c1cc2cnc(Nc3ccc(CCCN4CCN(C5CCN(c6ccc(C7CCC(=O)NC7=O)cc6)CC5)CC4)cn3)nc2n1C1CCCC1. The van der Waals surface area contributed by atoms with E-state index in [2.05, 4.69) is 70.2 Å². The summed E-state index contributed by atoms with van der Waals surface area (Å²) in [6, 6.07) is 15.4. The Hall–Kier alpha value is -4.88. The number of nitrogens with one attached hydrogen (secondary N) is 2. The number of piperazine rings is 1. The number of aromatic nitrogens is 4. The molecule has 13 nitrogen and oxygen atoms in total. The van der Waals surface area contributed by atoms with E-state index in [1.54, 1.807) is 25.2 Å². The lowest BCUT2D eigenvalue weighted by atomic mass is 9.90. The number of amides is 3. The minimum absolute atomic E-state index is 0.0122. The van der Waals surface area contributed by atoms with Crippen LogP contribution in [0.1, 0.15) is 91.4 Å². The van der Waals surface area contributed by atoms with Gasteiger partial charge in [0.1, 0.15) is 17.2 Å². The molecule has 1 aliphatic carbocycles. The van der Waals surface area contributed by atoms with E-state index in [4.69, 9.17) is 4.98 Å². The van der Waals surface area contributed by atoms with E-state index in [-0.39, 0.29) is 29.7 Å². The van der Waals surface area contributed by atoms with Crippen molar-refractivity contribution in [1.82, 2.24) is 39.5 Å². The first kappa shape index (κ1) is 37.1. The molecule has 8 rings (SSSR count). The van der Waals surface area contributed by atoms with Crippen molar-refractivity contribution in [3.05, 3.63) is 71.7 Å². The Bertz CT molecular complexity index is 1970. The summed E-state index contributed by atoms with van der Waals surface area (Å²) >= 11 is 0. The Morgan fingerprint density at radius 1 is 0.873 bits per heavy atom. The maximum Gasteiger partial charge on any atom is 0.270 e. The van der Waals surface area contributed by atoms with Crippen LogP contribution in [0.15, 0.2) is 54.9 Å². The summed E-state index contributed by atoms with van der Waals surface area (Å²) in [6.07, 6.45) is 13.6. The van der Waals surface area contributed by atoms with Gasteiger partial charge in [-0.25, -0.2) is 9.97 Å². The molecule has 4 aliphatic rings. The van der Waals surface area contributed by atoms with Crippen LogP contribution >= 0.6 is 0 Å². The lowest BCUT2D eigenvalue weighted by molar-refractivity contribution is -0.134. The number of piperidine rings is 2. The number of nitrogens with zero attached hydrogens (tertiary/aromatic N) is 8. The molecular formula is C42H54N10O3. The van der Waals surface area contributed by atoms with E-state index in [1.165, 1.54) is 36.9 Å². The van der Waals surface area contributed by atoms with Gasteiger partial charge in [-0.1, -0.05) is 31.0 Å². The number of carbonyl (C=O) groups is 3. The molecule has 55 heavy (non-hydrogen) atoms. The fourth-order valence-electron chi connectivity index (χ4n) is 9.03. The van der Waals surface area contributed by atoms with Crippen LogP contribution in [0.3, 0.4) is 0 Å². The molecule has 3 saturated heterocycles. The van der Waals surface area contributed by atoms with Gasteiger partial charge in [0.15, 0.2) is 0 Å². The van der Waals surface area contributed by atoms with Crippen molar-refractivity contribution in [2.45, 2.75) is 82.2 Å². The van der Waals surface area contributed by atoms with E-state index in [9.17, 15) is 14.4 Å². The van der Waals surface area contributed by atoms with Crippen molar-refractivity contribution in [3.63, 3.8) is 0 Å². The van der Waals surface area contributed by atoms with Crippen molar-refractivity contribution in [2.75, 3.05) is 70.1 Å². The maximum absolute atomic E-state index is 13.0. The number of fused-ring (bicyclic) bond motifs is 1. The number of pyridine rings is 1. The van der Waals surface area contributed by atoms with Crippen LogP contribution < -0.4 is 15.5 Å². The summed E-state index contributed by atoms with van der Waals surface area (Å²) in [4.78, 5) is 60.4. The Balaban J connectivity index is 0.768. The van der Waals surface area contributed by atoms with Crippen molar-refractivity contribution in [1.29, 1.82) is 0 Å². The van der Waals surface area contributed by atoms with Gasteiger partial charge in [0, 0.05) is 95.3 Å². The highest BCUT2D eigenvalue weighted by Gasteiger charge is 2.30. The van der Waals surface area contributed by atoms with E-state index in [0.29, 0.717) is 36.3 Å². The first-order valence-corrected chi connectivity index (χ1v) is 20.3. The second-order valence-corrected chi connectivity index (χ2v) is 16.0. The summed E-state index contributed by atoms with van der Waals surface area (Å²) in [5.74, 6) is 0.597. The second-order valence-electron chi connectivity index (χ2n) is 16.0. The topological polar surface area (TPSA) is 132 Å². The molecule has 1 unspecified atom stereocenters. The number of hydrogen-bond acceptors (Lipinski definition) is 10. The standard InChI is InChI=1S/C42H54N10O3/c1-48(2)41(55)36-26-31-28-44-42(47-39(31)52(36)34-7-3-4-8-34)45-37-15-9-29(27-43-37)6-5-19-49-22-24-51(25-23-49)33-17-20-50(21-18-33)32-12-10-30(11-13-32)35-14-16-38(53)46-40(35)54/h9-13,15,26-28,33-35H,3-8,14,16-25H2,1-2H3,(H,46,53,54)(H,43,44,45,47). The maximum atomic E-state index is 13.0. The molecule has 4 aromatic rings. The van der Waals surface area contributed by atoms with E-state index >= 15 is 0 Å². The number of rotatable bonds is 11. The normalized spacial score (nSPS) is 20.6. The van der Waals surface area contributed by atoms with E-state index in [0.717, 1.165) is 88.1 Å². The van der Waals surface area contributed by atoms with Crippen LogP contribution in [0.4, 0.5) is 17.5 Å². The average Bonchev–Trinajstić information content (AvgIpc) is 3.87. The van der Waals surface area contributed by atoms with Crippen molar-refractivity contribution in [2.24, 2.45) is 0 Å². The van der Waals surface area contributed by atoms with Crippen LogP contribution in [0.2, 0.25) is 0 Å². The fourth-order valence-corrected chi connectivity index (χ4v) is 9.03. The van der Waals surface area contributed by atoms with Crippen molar-refractivity contribution in [3.8, 4) is 0 Å². The molecule has 3 aliphatic heterocycles. The van der Waals surface area contributed by atoms with Gasteiger partial charge in [-0.3, -0.25) is 24.6 Å². The summed E-state index contributed by atoms with van der Waals surface area (Å²) in [5, 5.41) is 6.64. The number of benzene rings is 1. The number of aryl methyl sites for hydroxylation is 1. The van der Waals surface area contributed by atoms with Gasteiger partial charge in [-0.15, -0.1) is 0 Å². The molecule has 6 heterocycles.